The van der Waals surface area contributed by atoms with Crippen LogP contribution in [0.15, 0.2) is 72.5 Å². The van der Waals surface area contributed by atoms with Crippen molar-refractivity contribution in [1.82, 2.24) is 35.0 Å². The lowest BCUT2D eigenvalue weighted by Crippen LogP contribution is -2.44. The molecule has 2 aromatic carbocycles. The van der Waals surface area contributed by atoms with Crippen LogP contribution in [-0.2, 0) is 11.2 Å². The first-order chi connectivity index (χ1) is 23.7. The fourth-order valence-corrected chi connectivity index (χ4v) is 4.84. The minimum atomic E-state index is -1.18. The molecule has 3 aromatic heterocycles. The summed E-state index contributed by atoms with van der Waals surface area (Å²) in [4.78, 5) is 45.3. The highest BCUT2D eigenvalue weighted by atomic mass is 19.2. The largest absolute Gasteiger partial charge is 0.436 e. The lowest BCUT2D eigenvalue weighted by Gasteiger charge is -2.14. The number of aliphatic imine (C=N–C) groups is 1. The van der Waals surface area contributed by atoms with Crippen molar-refractivity contribution >= 4 is 34.9 Å². The van der Waals surface area contributed by atoms with Gasteiger partial charge in [0, 0.05) is 61.1 Å². The number of aryl methyl sites for hydroxylation is 1. The highest BCUT2D eigenvalue weighted by molar-refractivity contribution is 5.96. The van der Waals surface area contributed by atoms with Crippen LogP contribution in [0.1, 0.15) is 29.3 Å². The summed E-state index contributed by atoms with van der Waals surface area (Å²) in [6.45, 7) is 2.51. The second-order valence-electron chi connectivity index (χ2n) is 10.6. The quantitative estimate of drug-likeness (QED) is 0.0570. The zero-order valence-corrected chi connectivity index (χ0v) is 26.4. The smallest absolute Gasteiger partial charge is 0.251 e. The van der Waals surface area contributed by atoms with E-state index in [1.807, 2.05) is 13.0 Å². The Morgan fingerprint density at radius 3 is 2.59 bits per heavy atom. The van der Waals surface area contributed by atoms with E-state index in [1.54, 1.807) is 22.7 Å². The molecule has 0 bridgehead atoms. The van der Waals surface area contributed by atoms with E-state index in [1.165, 1.54) is 43.1 Å². The third-order valence-corrected chi connectivity index (χ3v) is 7.29. The van der Waals surface area contributed by atoms with Crippen molar-refractivity contribution in [3.63, 3.8) is 0 Å². The predicted molar refractivity (Wildman–Crippen MR) is 178 cm³/mol. The molecule has 0 saturated carbocycles. The number of halogens is 2. The lowest BCUT2D eigenvalue weighted by molar-refractivity contribution is -0.122. The lowest BCUT2D eigenvalue weighted by atomic mass is 10.0. The molecule has 5 aromatic rings. The summed E-state index contributed by atoms with van der Waals surface area (Å²) < 4.78 is 37.3. The molecule has 0 aliphatic carbocycles. The normalized spacial score (nSPS) is 11.5. The third kappa shape index (κ3) is 8.20. The molecule has 0 fully saturated rings. The highest BCUT2D eigenvalue weighted by Crippen LogP contribution is 2.33. The second-order valence-corrected chi connectivity index (χ2v) is 10.6. The summed E-state index contributed by atoms with van der Waals surface area (Å²) in [5.41, 5.74) is 18.8. The molecule has 5 rings (SSSR count). The SMILES string of the molecule is CCc1cc(Nc2nccn3c(-c4ccc(Oc5ccncn5)c(F)c4F)cnc23)ccc1C(=O)NCCNC(=O)C(N)CCN=C(N)N. The monoisotopic (exact) mass is 672 g/mol. The van der Waals surface area contributed by atoms with Gasteiger partial charge in [-0.2, -0.15) is 4.39 Å². The summed E-state index contributed by atoms with van der Waals surface area (Å²) in [5, 5.41) is 8.67. The molecule has 3 heterocycles. The van der Waals surface area contributed by atoms with E-state index in [9.17, 15) is 9.59 Å². The first-order valence-electron chi connectivity index (χ1n) is 15.2. The van der Waals surface area contributed by atoms with Gasteiger partial charge in [-0.15, -0.1) is 0 Å². The van der Waals surface area contributed by atoms with E-state index < -0.39 is 17.7 Å². The van der Waals surface area contributed by atoms with Gasteiger partial charge in [0.05, 0.1) is 17.9 Å². The van der Waals surface area contributed by atoms with Crippen LogP contribution >= 0.6 is 0 Å². The van der Waals surface area contributed by atoms with Crippen LogP contribution < -0.4 is 37.9 Å². The van der Waals surface area contributed by atoms with Gasteiger partial charge in [-0.05, 0) is 48.7 Å². The average molecular weight is 673 g/mol. The Labute approximate surface area is 279 Å². The number of ether oxygens (including phenoxy) is 1. The molecule has 17 heteroatoms. The molecule has 0 saturated heterocycles. The number of nitrogens with zero attached hydrogens (tertiary/aromatic N) is 6. The Balaban J connectivity index is 1.24. The van der Waals surface area contributed by atoms with E-state index in [2.05, 4.69) is 40.9 Å². The number of carbonyl (C=O) groups excluding carboxylic acids is 2. The van der Waals surface area contributed by atoms with Crippen molar-refractivity contribution in [1.29, 1.82) is 0 Å². The Kier molecular flexibility index (Phi) is 10.8. The Bertz CT molecular complexity index is 1980. The molecule has 9 N–H and O–H groups in total. The molecule has 0 radical (unpaired) electrons. The van der Waals surface area contributed by atoms with Gasteiger partial charge < -0.3 is 37.9 Å². The van der Waals surface area contributed by atoms with Crippen LogP contribution in [0.25, 0.3) is 16.9 Å². The zero-order chi connectivity index (χ0) is 34.9. The van der Waals surface area contributed by atoms with E-state index in [0.717, 1.165) is 5.56 Å². The van der Waals surface area contributed by atoms with E-state index in [4.69, 9.17) is 21.9 Å². The van der Waals surface area contributed by atoms with Gasteiger partial charge in [0.15, 0.2) is 29.0 Å². The molecule has 254 valence electrons. The van der Waals surface area contributed by atoms with Gasteiger partial charge in [-0.25, -0.2) is 24.3 Å². The number of aromatic nitrogens is 5. The number of hydrogen-bond acceptors (Lipinski definition) is 10. The average Bonchev–Trinajstić information content (AvgIpc) is 3.53. The van der Waals surface area contributed by atoms with Gasteiger partial charge in [0.2, 0.25) is 17.6 Å². The second kappa shape index (κ2) is 15.6. The summed E-state index contributed by atoms with van der Waals surface area (Å²) in [6.07, 6.45) is 7.97. The van der Waals surface area contributed by atoms with E-state index in [0.29, 0.717) is 29.1 Å². The fraction of sp³-hybridized carbons (Fsp3) is 0.219. The summed E-state index contributed by atoms with van der Waals surface area (Å²) in [6, 6.07) is 8.54. The van der Waals surface area contributed by atoms with Crippen molar-refractivity contribution in [2.75, 3.05) is 25.0 Å². The van der Waals surface area contributed by atoms with Crippen molar-refractivity contribution < 1.29 is 23.1 Å². The van der Waals surface area contributed by atoms with Crippen LogP contribution in [0.3, 0.4) is 0 Å². The van der Waals surface area contributed by atoms with E-state index >= 15 is 8.78 Å². The molecule has 1 atom stereocenters. The number of nitrogens with one attached hydrogen (secondary N) is 3. The van der Waals surface area contributed by atoms with Crippen LogP contribution in [0.2, 0.25) is 0 Å². The number of benzene rings is 2. The van der Waals surface area contributed by atoms with Crippen molar-refractivity contribution in [2.45, 2.75) is 25.8 Å². The number of imidazole rings is 1. The van der Waals surface area contributed by atoms with Crippen LogP contribution in [0.5, 0.6) is 11.6 Å². The number of anilines is 2. The van der Waals surface area contributed by atoms with Gasteiger partial charge in [-0.1, -0.05) is 6.92 Å². The van der Waals surface area contributed by atoms with Gasteiger partial charge in [0.25, 0.3) is 5.91 Å². The molecule has 49 heavy (non-hydrogen) atoms. The molecule has 0 aliphatic heterocycles. The Morgan fingerprint density at radius 1 is 1.02 bits per heavy atom. The standard InChI is InChI=1S/C32H34F2N12O3/c1-2-18-15-19(3-4-20(18)30(47)40-11-12-41-31(48)22(35)7-10-42-32(36)37)45-28-29-43-16-23(46(29)14-13-39-28)21-5-6-24(27(34)26(21)33)49-25-8-9-38-17-44-25/h3-6,8-9,13-17,22H,2,7,10-12,35H2,1H3,(H,39,45)(H,40,47)(H,41,48)(H4,36,37,42). The number of nitrogens with two attached hydrogens (primary N) is 3. The van der Waals surface area contributed by atoms with Gasteiger partial charge in [-0.3, -0.25) is 19.0 Å². The van der Waals surface area contributed by atoms with Gasteiger partial charge in [0.1, 0.15) is 6.33 Å². The Morgan fingerprint density at radius 2 is 1.84 bits per heavy atom. The molecule has 2 amide bonds. The highest BCUT2D eigenvalue weighted by Gasteiger charge is 2.21. The maximum Gasteiger partial charge on any atom is 0.251 e. The number of fused-ring (bicyclic) bond motifs is 1. The minimum absolute atomic E-state index is 0.0360. The zero-order valence-electron chi connectivity index (χ0n) is 26.4. The number of guanidine groups is 1. The van der Waals surface area contributed by atoms with Gasteiger partial charge >= 0.3 is 0 Å². The van der Waals surface area contributed by atoms with E-state index in [-0.39, 0.29) is 66.7 Å². The first kappa shape index (κ1) is 34.1. The van der Waals surface area contributed by atoms with Crippen molar-refractivity contribution in [3.8, 4) is 22.9 Å². The van der Waals surface area contributed by atoms with Crippen molar-refractivity contribution in [3.05, 3.63) is 90.3 Å². The number of rotatable bonds is 14. The third-order valence-electron chi connectivity index (χ3n) is 7.29. The molecular formula is C32H34F2N12O3. The maximum absolute atomic E-state index is 15.3. The van der Waals surface area contributed by atoms with Crippen LogP contribution in [0, 0.1) is 11.6 Å². The molecule has 0 spiro atoms. The molecular weight excluding hydrogens is 638 g/mol. The molecule has 0 aliphatic rings. The topological polar surface area (TPSA) is 226 Å². The Hall–Kier alpha value is -6.23. The number of carbonyl (C=O) groups is 2. The summed E-state index contributed by atoms with van der Waals surface area (Å²) in [5.74, 6) is -2.97. The number of hydrogen-bond donors (Lipinski definition) is 6. The minimum Gasteiger partial charge on any atom is -0.436 e. The summed E-state index contributed by atoms with van der Waals surface area (Å²) >= 11 is 0. The summed E-state index contributed by atoms with van der Waals surface area (Å²) in [7, 11) is 0. The molecule has 15 nitrogen and oxygen atoms in total. The first-order valence-corrected chi connectivity index (χ1v) is 15.2. The number of amides is 2. The fourth-order valence-electron chi connectivity index (χ4n) is 4.84. The predicted octanol–water partition coefficient (Wildman–Crippen LogP) is 2.40. The van der Waals surface area contributed by atoms with Crippen molar-refractivity contribution in [2.24, 2.45) is 22.2 Å². The molecule has 1 unspecified atom stereocenters. The van der Waals surface area contributed by atoms with Crippen LogP contribution in [-0.4, -0.2) is 67.8 Å². The van der Waals surface area contributed by atoms with Crippen LogP contribution in [0.4, 0.5) is 20.3 Å². The maximum atomic E-state index is 15.3.